The molecule has 7 rings (SSSR count). The molecule has 1 fully saturated rings. The average molecular weight is 815 g/mol. The first-order chi connectivity index (χ1) is 28.1. The number of aromatic nitrogens is 2. The Morgan fingerprint density at radius 3 is 2.17 bits per heavy atom. The average Bonchev–Trinajstić information content (AvgIpc) is 3.26. The van der Waals surface area contributed by atoms with Crippen molar-refractivity contribution in [3.05, 3.63) is 179 Å². The molecule has 5 atom stereocenters. The first-order valence-corrected chi connectivity index (χ1v) is 21.6. The molecular formula is C46H46N4O6S2. The largest absolute Gasteiger partial charge is 0.392 e. The fourth-order valence-electron chi connectivity index (χ4n) is 6.84. The summed E-state index contributed by atoms with van der Waals surface area (Å²) in [6, 6.07) is 40.5. The zero-order valence-corrected chi connectivity index (χ0v) is 33.9. The van der Waals surface area contributed by atoms with Gasteiger partial charge in [0.2, 0.25) is 15.9 Å². The van der Waals surface area contributed by atoms with E-state index in [1.54, 1.807) is 42.4 Å². The van der Waals surface area contributed by atoms with Crippen LogP contribution in [0.25, 0.3) is 11.1 Å². The minimum absolute atomic E-state index is 0.0249. The Labute approximate surface area is 344 Å². The number of rotatable bonds is 15. The number of benzene rings is 5. The number of nitrogens with zero attached hydrogens (tertiary/aromatic N) is 2. The Hall–Kier alpha value is -5.21. The first-order valence-electron chi connectivity index (χ1n) is 19.2. The van der Waals surface area contributed by atoms with E-state index in [2.05, 4.69) is 26.9 Å². The van der Waals surface area contributed by atoms with Gasteiger partial charge in [0.1, 0.15) is 6.04 Å². The Balaban J connectivity index is 1.04. The molecule has 0 aliphatic carbocycles. The maximum atomic E-state index is 13.6. The van der Waals surface area contributed by atoms with E-state index in [-0.39, 0.29) is 42.6 Å². The molecule has 6 aromatic rings. The normalized spacial score (nSPS) is 18.7. The molecule has 1 aliphatic rings. The van der Waals surface area contributed by atoms with Crippen LogP contribution in [-0.2, 0) is 43.9 Å². The van der Waals surface area contributed by atoms with Gasteiger partial charge in [-0.1, -0.05) is 133 Å². The highest BCUT2D eigenvalue weighted by Crippen LogP contribution is 2.43. The predicted molar refractivity (Wildman–Crippen MR) is 225 cm³/mol. The molecule has 10 nitrogen and oxygen atoms in total. The van der Waals surface area contributed by atoms with E-state index in [1.165, 1.54) is 12.1 Å². The highest BCUT2D eigenvalue weighted by atomic mass is 32.2. The molecule has 1 amide bonds. The summed E-state index contributed by atoms with van der Waals surface area (Å²) < 4.78 is 42.6. The Morgan fingerprint density at radius 1 is 0.776 bits per heavy atom. The van der Waals surface area contributed by atoms with Crippen molar-refractivity contribution >= 4 is 27.7 Å². The van der Waals surface area contributed by atoms with Gasteiger partial charge in [0.15, 0.2) is 11.4 Å². The van der Waals surface area contributed by atoms with Gasteiger partial charge < -0.3 is 19.9 Å². The van der Waals surface area contributed by atoms with Crippen LogP contribution in [0, 0.1) is 12.8 Å². The van der Waals surface area contributed by atoms with E-state index >= 15 is 0 Å². The third-order valence-electron chi connectivity index (χ3n) is 10.2. The third-order valence-corrected chi connectivity index (χ3v) is 12.6. The maximum absolute atomic E-state index is 13.6. The molecule has 3 N–H and O–H groups in total. The SMILES string of the molecule is Cc1ccc(S(=O)(=O)N[C@H](Cc2ccccc2)C(=O)NCc2cccc(-c3ccc([C@@H]4O[C@H](CSc5ncccn5)[C@H](C)[C@H](c5ccc(CO)cc5)O4)cc3)c2)cc1. The third kappa shape index (κ3) is 10.4. The van der Waals surface area contributed by atoms with Crippen molar-refractivity contribution in [2.24, 2.45) is 5.92 Å². The molecular weight excluding hydrogens is 769 g/mol. The van der Waals surface area contributed by atoms with Crippen LogP contribution in [0.15, 0.2) is 156 Å². The lowest BCUT2D eigenvalue weighted by Gasteiger charge is -2.41. The molecule has 1 aliphatic heterocycles. The molecule has 58 heavy (non-hydrogen) atoms. The number of thioether (sulfide) groups is 1. The number of aliphatic hydroxyl groups excluding tert-OH is 1. The topological polar surface area (TPSA) is 140 Å². The summed E-state index contributed by atoms with van der Waals surface area (Å²) in [7, 11) is -3.96. The van der Waals surface area contributed by atoms with Crippen molar-refractivity contribution in [3.63, 3.8) is 0 Å². The van der Waals surface area contributed by atoms with Crippen LogP contribution >= 0.6 is 11.8 Å². The number of sulfonamides is 1. The molecule has 1 saturated heterocycles. The Bertz CT molecular complexity index is 2370. The lowest BCUT2D eigenvalue weighted by molar-refractivity contribution is -0.268. The van der Waals surface area contributed by atoms with E-state index in [0.717, 1.165) is 44.5 Å². The molecule has 0 saturated carbocycles. The van der Waals surface area contributed by atoms with Crippen molar-refractivity contribution in [1.29, 1.82) is 0 Å². The molecule has 0 unspecified atom stereocenters. The van der Waals surface area contributed by atoms with Crippen LogP contribution in [-0.4, -0.2) is 47.3 Å². The standard InChI is InChI=1S/C46H46N4O6S2/c1-31-12-22-40(23-13-31)58(53,54)50-41(27-33-8-4-3-5-9-33)44(52)49-28-35-10-6-11-39(26-35)36-18-20-38(21-19-36)45-55-42(30-57-46-47-24-7-25-48-46)32(2)43(56-45)37-16-14-34(29-51)15-17-37/h3-26,32,41-43,45,50-51H,27-30H2,1-2H3,(H,49,52)/t32-,41+,42+,43+,45+/m0/s1. The number of hydrogen-bond donors (Lipinski definition) is 3. The van der Waals surface area contributed by atoms with Gasteiger partial charge in [0.25, 0.3) is 0 Å². The number of amides is 1. The van der Waals surface area contributed by atoms with Crippen molar-refractivity contribution in [1.82, 2.24) is 20.0 Å². The molecule has 0 radical (unpaired) electrons. The maximum Gasteiger partial charge on any atom is 0.241 e. The molecule has 5 aromatic carbocycles. The Morgan fingerprint density at radius 2 is 1.47 bits per heavy atom. The van der Waals surface area contributed by atoms with Gasteiger partial charge >= 0.3 is 0 Å². The predicted octanol–water partition coefficient (Wildman–Crippen LogP) is 7.73. The highest BCUT2D eigenvalue weighted by molar-refractivity contribution is 7.99. The van der Waals surface area contributed by atoms with Crippen LogP contribution in [0.3, 0.4) is 0 Å². The van der Waals surface area contributed by atoms with Gasteiger partial charge in [-0.25, -0.2) is 18.4 Å². The summed E-state index contributed by atoms with van der Waals surface area (Å²) in [6.45, 7) is 4.20. The zero-order chi connectivity index (χ0) is 40.5. The lowest BCUT2D eigenvalue weighted by atomic mass is 9.91. The quantitative estimate of drug-likeness (QED) is 0.0702. The van der Waals surface area contributed by atoms with Crippen molar-refractivity contribution in [2.75, 3.05) is 5.75 Å². The monoisotopic (exact) mass is 814 g/mol. The smallest absolute Gasteiger partial charge is 0.241 e. The summed E-state index contributed by atoms with van der Waals surface area (Å²) >= 11 is 1.55. The highest BCUT2D eigenvalue weighted by Gasteiger charge is 2.38. The van der Waals surface area contributed by atoms with E-state index < -0.39 is 28.3 Å². The molecule has 1 aromatic heterocycles. The van der Waals surface area contributed by atoms with Crippen molar-refractivity contribution < 1.29 is 27.8 Å². The molecule has 2 heterocycles. The fourth-order valence-corrected chi connectivity index (χ4v) is 9.00. The van der Waals surface area contributed by atoms with Gasteiger partial charge in [0, 0.05) is 36.2 Å². The van der Waals surface area contributed by atoms with E-state index in [9.17, 15) is 18.3 Å². The summed E-state index contributed by atoms with van der Waals surface area (Å²) in [4.78, 5) is 22.5. The van der Waals surface area contributed by atoms with E-state index in [0.29, 0.717) is 10.9 Å². The van der Waals surface area contributed by atoms with Crippen LogP contribution in [0.2, 0.25) is 0 Å². The van der Waals surface area contributed by atoms with Crippen molar-refractivity contribution in [3.8, 4) is 11.1 Å². The van der Waals surface area contributed by atoms with Gasteiger partial charge in [-0.3, -0.25) is 4.79 Å². The summed E-state index contributed by atoms with van der Waals surface area (Å²) in [5.41, 5.74) is 7.29. The number of hydrogen-bond acceptors (Lipinski definition) is 9. The summed E-state index contributed by atoms with van der Waals surface area (Å²) in [5.74, 6) is 0.243. The summed E-state index contributed by atoms with van der Waals surface area (Å²) in [6.07, 6.45) is 2.62. The van der Waals surface area contributed by atoms with E-state index in [1.807, 2.05) is 110 Å². The second kappa shape index (κ2) is 19.0. The lowest BCUT2D eigenvalue weighted by Crippen LogP contribution is -2.47. The molecule has 12 heteroatoms. The number of aryl methyl sites for hydroxylation is 1. The number of ether oxygens (including phenoxy) is 2. The fraction of sp³-hybridized carbons (Fsp3) is 0.239. The van der Waals surface area contributed by atoms with Crippen LogP contribution in [0.1, 0.15) is 52.7 Å². The number of carbonyl (C=O) groups is 1. The number of carbonyl (C=O) groups excluding carboxylic acids is 1. The zero-order valence-electron chi connectivity index (χ0n) is 32.3. The molecule has 0 spiro atoms. The minimum atomic E-state index is -3.96. The van der Waals surface area contributed by atoms with Gasteiger partial charge in [0.05, 0.1) is 23.7 Å². The van der Waals surface area contributed by atoms with E-state index in [4.69, 9.17) is 9.47 Å². The molecule has 298 valence electrons. The second-order valence-electron chi connectivity index (χ2n) is 14.4. The number of aliphatic hydroxyl groups is 1. The summed E-state index contributed by atoms with van der Waals surface area (Å²) in [5, 5.41) is 13.3. The van der Waals surface area contributed by atoms with Crippen LogP contribution in [0.5, 0.6) is 0 Å². The van der Waals surface area contributed by atoms with Crippen LogP contribution in [0.4, 0.5) is 0 Å². The van der Waals surface area contributed by atoms with Gasteiger partial charge in [-0.05, 0) is 71.0 Å². The Kier molecular flexibility index (Phi) is 13.4. The second-order valence-corrected chi connectivity index (χ2v) is 17.1. The van der Waals surface area contributed by atoms with Gasteiger partial charge in [-0.2, -0.15) is 4.72 Å². The first kappa shape index (κ1) is 41.0. The molecule has 0 bridgehead atoms. The van der Waals surface area contributed by atoms with Crippen LogP contribution < -0.4 is 10.0 Å². The minimum Gasteiger partial charge on any atom is -0.392 e. The van der Waals surface area contributed by atoms with Gasteiger partial charge in [-0.15, -0.1) is 0 Å². The van der Waals surface area contributed by atoms with Crippen molar-refractivity contribution in [2.45, 2.75) is 68.0 Å². The number of nitrogens with one attached hydrogen (secondary N) is 2.